The van der Waals surface area contributed by atoms with Gasteiger partial charge in [-0.3, -0.25) is 9.78 Å². The summed E-state index contributed by atoms with van der Waals surface area (Å²) in [4.78, 5) is 17.1. The maximum absolute atomic E-state index is 13.9. The molecule has 4 rings (SSSR count). The fourth-order valence-electron chi connectivity index (χ4n) is 4.83. The van der Waals surface area contributed by atoms with Crippen molar-refractivity contribution in [1.82, 2.24) is 4.98 Å². The molecule has 2 atom stereocenters. The highest BCUT2D eigenvalue weighted by molar-refractivity contribution is 5.80. The van der Waals surface area contributed by atoms with E-state index in [1.165, 1.54) is 12.1 Å². The number of rotatable bonds is 9. The molecule has 0 aliphatic carbocycles. The quantitative estimate of drug-likeness (QED) is 0.312. The molecule has 5 nitrogen and oxygen atoms in total. The highest BCUT2D eigenvalue weighted by atomic mass is 19.1. The Bertz CT molecular complexity index is 1270. The van der Waals surface area contributed by atoms with Gasteiger partial charge in [-0.05, 0) is 46.7 Å². The molecule has 1 saturated heterocycles. The number of ether oxygens (including phenoxy) is 2. The lowest BCUT2D eigenvalue weighted by Gasteiger charge is -2.25. The van der Waals surface area contributed by atoms with Crippen molar-refractivity contribution in [3.8, 4) is 11.1 Å². The van der Waals surface area contributed by atoms with Gasteiger partial charge in [-0.2, -0.15) is 0 Å². The zero-order valence-electron chi connectivity index (χ0n) is 22.5. The van der Waals surface area contributed by atoms with Crippen LogP contribution in [0.2, 0.25) is 0 Å². The molecule has 1 aliphatic rings. The minimum absolute atomic E-state index is 0.00988. The molecular formula is C32H36FNO4. The van der Waals surface area contributed by atoms with Crippen molar-refractivity contribution in [2.75, 3.05) is 0 Å². The van der Waals surface area contributed by atoms with Crippen LogP contribution in [0, 0.1) is 5.82 Å². The van der Waals surface area contributed by atoms with Crippen molar-refractivity contribution in [2.24, 2.45) is 0 Å². The number of aromatic nitrogens is 1. The maximum Gasteiger partial charge on any atom is 0.309 e. The number of nitrogens with zero attached hydrogens (tertiary/aromatic N) is 1. The summed E-state index contributed by atoms with van der Waals surface area (Å²) >= 11 is 0. The number of hydrogen-bond donors (Lipinski definition) is 1. The Morgan fingerprint density at radius 2 is 1.71 bits per heavy atom. The molecule has 1 aliphatic heterocycles. The summed E-state index contributed by atoms with van der Waals surface area (Å²) in [5.41, 5.74) is 6.54. The number of cyclic esters (lactones) is 1. The van der Waals surface area contributed by atoms with Gasteiger partial charge in [0.05, 0.1) is 31.4 Å². The highest BCUT2D eigenvalue weighted by Crippen LogP contribution is 2.38. The Balaban J connectivity index is 1.84. The molecule has 0 radical (unpaired) electrons. The lowest BCUT2D eigenvalue weighted by atomic mass is 9.87. The summed E-state index contributed by atoms with van der Waals surface area (Å²) in [5.74, 6) is -0.484. The molecule has 3 aromatic rings. The van der Waals surface area contributed by atoms with Gasteiger partial charge in [0.2, 0.25) is 0 Å². The van der Waals surface area contributed by atoms with Gasteiger partial charge in [0.25, 0.3) is 0 Å². The maximum atomic E-state index is 13.9. The van der Waals surface area contributed by atoms with Gasteiger partial charge >= 0.3 is 5.97 Å². The van der Waals surface area contributed by atoms with E-state index in [1.54, 1.807) is 12.1 Å². The van der Waals surface area contributed by atoms with Crippen molar-refractivity contribution in [3.63, 3.8) is 0 Å². The Labute approximate surface area is 224 Å². The number of aliphatic hydroxyl groups excluding tert-OH is 1. The van der Waals surface area contributed by atoms with E-state index < -0.39 is 18.2 Å². The Hall–Kier alpha value is -3.35. The number of hydrogen-bond acceptors (Lipinski definition) is 5. The third kappa shape index (κ3) is 6.74. The lowest BCUT2D eigenvalue weighted by Crippen LogP contribution is -2.31. The fourth-order valence-corrected chi connectivity index (χ4v) is 4.83. The summed E-state index contributed by atoms with van der Waals surface area (Å²) in [6, 6.07) is 16.5. The number of halogens is 1. The van der Waals surface area contributed by atoms with Crippen LogP contribution in [0.1, 0.15) is 80.5 Å². The molecule has 1 aromatic heterocycles. The Morgan fingerprint density at radius 1 is 1.03 bits per heavy atom. The molecule has 0 amide bonds. The molecule has 0 saturated carbocycles. The number of benzene rings is 2. The van der Waals surface area contributed by atoms with E-state index in [2.05, 4.69) is 27.7 Å². The van der Waals surface area contributed by atoms with Crippen molar-refractivity contribution >= 4 is 12.0 Å². The third-order valence-corrected chi connectivity index (χ3v) is 6.65. The highest BCUT2D eigenvalue weighted by Gasteiger charge is 2.27. The predicted molar refractivity (Wildman–Crippen MR) is 147 cm³/mol. The molecule has 0 spiro atoms. The summed E-state index contributed by atoms with van der Waals surface area (Å²) in [7, 11) is 0. The van der Waals surface area contributed by atoms with Gasteiger partial charge in [-0.15, -0.1) is 0 Å². The smallest absolute Gasteiger partial charge is 0.309 e. The monoisotopic (exact) mass is 517 g/mol. The molecule has 2 aromatic carbocycles. The van der Waals surface area contributed by atoms with E-state index in [9.17, 15) is 14.3 Å². The number of esters is 1. The number of carbonyl (C=O) groups is 1. The second-order valence-electron chi connectivity index (χ2n) is 10.4. The van der Waals surface area contributed by atoms with Crippen LogP contribution in [0.25, 0.3) is 17.2 Å². The SMILES string of the molecule is CC(C)c1nc(C(C)C)c(COCc2ccccc2)c(-c2ccc(F)cc2)c1C=C[C@@H]1C[C@@H](O)CC(=O)O1. The first-order valence-corrected chi connectivity index (χ1v) is 13.2. The first-order valence-electron chi connectivity index (χ1n) is 13.2. The van der Waals surface area contributed by atoms with Crippen LogP contribution < -0.4 is 0 Å². The second kappa shape index (κ2) is 12.5. The minimum atomic E-state index is -0.726. The number of carbonyl (C=O) groups excluding carboxylic acids is 1. The van der Waals surface area contributed by atoms with E-state index in [0.717, 1.165) is 39.2 Å². The molecule has 6 heteroatoms. The lowest BCUT2D eigenvalue weighted by molar-refractivity contribution is -0.156. The normalized spacial score (nSPS) is 17.9. The van der Waals surface area contributed by atoms with Crippen LogP contribution in [0.4, 0.5) is 4.39 Å². The van der Waals surface area contributed by atoms with Gasteiger partial charge in [0.1, 0.15) is 11.9 Å². The summed E-state index contributed by atoms with van der Waals surface area (Å²) in [6.45, 7) is 9.19. The molecule has 0 unspecified atom stereocenters. The zero-order chi connectivity index (χ0) is 27.2. The first-order chi connectivity index (χ1) is 18.2. The van der Waals surface area contributed by atoms with E-state index in [0.29, 0.717) is 19.6 Å². The fraction of sp³-hybridized carbons (Fsp3) is 0.375. The first kappa shape index (κ1) is 27.7. The van der Waals surface area contributed by atoms with Crippen LogP contribution >= 0.6 is 0 Å². The van der Waals surface area contributed by atoms with E-state index >= 15 is 0 Å². The number of aliphatic hydroxyl groups is 1. The largest absolute Gasteiger partial charge is 0.458 e. The van der Waals surface area contributed by atoms with E-state index in [4.69, 9.17) is 14.5 Å². The van der Waals surface area contributed by atoms with Crippen LogP contribution in [0.5, 0.6) is 0 Å². The molecule has 200 valence electrons. The Morgan fingerprint density at radius 3 is 2.34 bits per heavy atom. The molecule has 0 bridgehead atoms. The second-order valence-corrected chi connectivity index (χ2v) is 10.4. The van der Waals surface area contributed by atoms with Crippen LogP contribution in [0.15, 0.2) is 60.7 Å². The Kier molecular flexibility index (Phi) is 9.08. The summed E-state index contributed by atoms with van der Waals surface area (Å²) < 4.78 is 25.6. The van der Waals surface area contributed by atoms with Gasteiger partial charge in [0.15, 0.2) is 0 Å². The van der Waals surface area contributed by atoms with E-state index in [1.807, 2.05) is 42.5 Å². The van der Waals surface area contributed by atoms with Gasteiger partial charge < -0.3 is 14.6 Å². The molecule has 1 N–H and O–H groups in total. The topological polar surface area (TPSA) is 68.7 Å². The van der Waals surface area contributed by atoms with Crippen LogP contribution in [-0.4, -0.2) is 28.3 Å². The van der Waals surface area contributed by atoms with Gasteiger partial charge in [-0.25, -0.2) is 4.39 Å². The average Bonchev–Trinajstić information content (AvgIpc) is 2.87. The number of pyridine rings is 1. The zero-order valence-corrected chi connectivity index (χ0v) is 22.5. The molecule has 2 heterocycles. The van der Waals surface area contributed by atoms with Crippen LogP contribution in [0.3, 0.4) is 0 Å². The molecular weight excluding hydrogens is 481 g/mol. The standard InChI is InChI=1S/C32H36FNO4/c1-20(2)31-27(15-14-26-16-25(35)17-29(36)38-26)30(23-10-12-24(33)13-11-23)28(32(34-31)21(3)4)19-37-18-22-8-6-5-7-9-22/h5-15,20-21,25-26,35H,16-19H2,1-4H3/t25-,26-/m1/s1. The van der Waals surface area contributed by atoms with Crippen molar-refractivity contribution in [3.05, 3.63) is 94.6 Å². The predicted octanol–water partition coefficient (Wildman–Crippen LogP) is 6.93. The summed E-state index contributed by atoms with van der Waals surface area (Å²) in [6.07, 6.45) is 2.85. The van der Waals surface area contributed by atoms with Gasteiger partial charge in [-0.1, -0.05) is 76.2 Å². The summed E-state index contributed by atoms with van der Waals surface area (Å²) in [5, 5.41) is 10.1. The van der Waals surface area contributed by atoms with Crippen molar-refractivity contribution < 1.29 is 23.8 Å². The third-order valence-electron chi connectivity index (χ3n) is 6.65. The van der Waals surface area contributed by atoms with Crippen LogP contribution in [-0.2, 0) is 27.5 Å². The minimum Gasteiger partial charge on any atom is -0.458 e. The van der Waals surface area contributed by atoms with Crippen molar-refractivity contribution in [1.29, 1.82) is 0 Å². The van der Waals surface area contributed by atoms with E-state index in [-0.39, 0.29) is 24.1 Å². The van der Waals surface area contributed by atoms with Gasteiger partial charge in [0, 0.05) is 23.2 Å². The molecule has 38 heavy (non-hydrogen) atoms. The molecule has 1 fully saturated rings. The van der Waals surface area contributed by atoms with Crippen molar-refractivity contribution in [2.45, 2.75) is 77.8 Å². The average molecular weight is 518 g/mol.